The van der Waals surface area contributed by atoms with Crippen molar-refractivity contribution < 1.29 is 3.07 Å². The van der Waals surface area contributed by atoms with Gasteiger partial charge in [-0.05, 0) is 0 Å². The van der Waals surface area contributed by atoms with E-state index in [1.807, 2.05) is 18.2 Å². The van der Waals surface area contributed by atoms with Crippen LogP contribution in [0.5, 0.6) is 5.75 Å². The zero-order valence-electron chi connectivity index (χ0n) is 17.6. The van der Waals surface area contributed by atoms with Gasteiger partial charge in [0.15, 0.2) is 0 Å². The number of halogens is 2. The molecule has 0 saturated heterocycles. The minimum atomic E-state index is -2.85. The summed E-state index contributed by atoms with van der Waals surface area (Å²) in [6, 6.07) is 14.2. The molecule has 0 radical (unpaired) electrons. The van der Waals surface area contributed by atoms with Crippen LogP contribution in [0.15, 0.2) is 42.5 Å². The van der Waals surface area contributed by atoms with Gasteiger partial charge in [-0.3, -0.25) is 0 Å². The van der Waals surface area contributed by atoms with Crippen LogP contribution in [-0.2, 0) is 0 Å². The third-order valence-electron chi connectivity index (χ3n) is 5.37. The van der Waals surface area contributed by atoms with Crippen LogP contribution in [0, 0.1) is 0 Å². The fraction of sp³-hybridized carbons (Fsp3) is 0.500. The summed E-state index contributed by atoms with van der Waals surface area (Å²) < 4.78 is 10.9. The Morgan fingerprint density at radius 1 is 0.786 bits per heavy atom. The van der Waals surface area contributed by atoms with Gasteiger partial charge in [0.05, 0.1) is 0 Å². The summed E-state index contributed by atoms with van der Waals surface area (Å²) in [5.41, 5.74) is 2.15. The van der Waals surface area contributed by atoms with Crippen LogP contribution < -0.4 is 3.07 Å². The first kappa shape index (κ1) is 23.9. The molecule has 1 nitrogen and oxygen atoms in total. The van der Waals surface area contributed by atoms with Crippen LogP contribution >= 0.6 is 23.2 Å². The zero-order valence-corrected chi connectivity index (χ0v) is 21.9. The Labute approximate surface area is 186 Å². The van der Waals surface area contributed by atoms with Gasteiger partial charge in [-0.1, -0.05) is 0 Å². The first-order valence-corrected chi connectivity index (χ1v) is 18.8. The molecule has 0 amide bonds. The fourth-order valence-corrected chi connectivity index (χ4v) is 17.9. The van der Waals surface area contributed by atoms with Crippen molar-refractivity contribution in [3.05, 3.63) is 52.5 Å². The van der Waals surface area contributed by atoms with E-state index < -0.39 is 18.8 Å². The first-order chi connectivity index (χ1) is 13.5. The quantitative estimate of drug-likeness (QED) is 0.250. The maximum atomic E-state index is 7.10. The number of unbranched alkanes of at least 4 members (excludes halogenated alkanes) is 3. The van der Waals surface area contributed by atoms with Gasteiger partial charge in [0, 0.05) is 0 Å². The van der Waals surface area contributed by atoms with E-state index in [1.54, 1.807) is 0 Å². The molecule has 2 aromatic carbocycles. The van der Waals surface area contributed by atoms with Gasteiger partial charge >= 0.3 is 187 Å². The Morgan fingerprint density at radius 2 is 1.32 bits per heavy atom. The molecule has 0 N–H and O–H groups in total. The molecule has 0 heterocycles. The molecule has 0 spiro atoms. The fourth-order valence-electron chi connectivity index (χ4n) is 3.74. The van der Waals surface area contributed by atoms with Crippen LogP contribution in [0.25, 0.3) is 11.1 Å². The molecule has 0 bridgehead atoms. The molecule has 2 aromatic rings. The number of rotatable bonds is 12. The molecular weight excluding hydrogens is 494 g/mol. The third kappa shape index (κ3) is 6.85. The third-order valence-corrected chi connectivity index (χ3v) is 18.5. The van der Waals surface area contributed by atoms with Gasteiger partial charge in [0.2, 0.25) is 0 Å². The van der Waals surface area contributed by atoms with Gasteiger partial charge in [-0.25, -0.2) is 0 Å². The van der Waals surface area contributed by atoms with E-state index in [1.165, 1.54) is 51.8 Å². The Balaban J connectivity index is 2.49. The van der Waals surface area contributed by atoms with Crippen molar-refractivity contribution >= 4 is 42.0 Å². The number of hydrogen-bond donors (Lipinski definition) is 0. The van der Waals surface area contributed by atoms with E-state index in [0.29, 0.717) is 10.0 Å². The van der Waals surface area contributed by atoms with Crippen LogP contribution in [0.1, 0.15) is 59.3 Å². The van der Waals surface area contributed by atoms with Crippen molar-refractivity contribution in [2.75, 3.05) is 0 Å². The van der Waals surface area contributed by atoms with Gasteiger partial charge in [0.25, 0.3) is 0 Å². The Morgan fingerprint density at radius 3 is 1.82 bits per heavy atom. The van der Waals surface area contributed by atoms with Crippen molar-refractivity contribution in [2.45, 2.75) is 72.6 Å². The molecule has 28 heavy (non-hydrogen) atoms. The molecular formula is C24H34Cl2OSn. The molecule has 0 aromatic heterocycles. The van der Waals surface area contributed by atoms with E-state index in [4.69, 9.17) is 26.3 Å². The average Bonchev–Trinajstić information content (AvgIpc) is 2.71. The summed E-state index contributed by atoms with van der Waals surface area (Å²) in [4.78, 5) is 0. The molecule has 0 saturated carbocycles. The molecule has 0 unspecified atom stereocenters. The normalized spacial score (nSPS) is 11.6. The van der Waals surface area contributed by atoms with Crippen LogP contribution in [0.2, 0.25) is 23.4 Å². The molecule has 154 valence electrons. The summed E-state index contributed by atoms with van der Waals surface area (Å²) in [5, 5.41) is 1.31. The van der Waals surface area contributed by atoms with Crippen molar-refractivity contribution in [3.63, 3.8) is 0 Å². The maximum absolute atomic E-state index is 7.10. The summed E-state index contributed by atoms with van der Waals surface area (Å²) in [7, 11) is 0. The van der Waals surface area contributed by atoms with Gasteiger partial charge in [-0.15, -0.1) is 0 Å². The van der Waals surface area contributed by atoms with E-state index in [2.05, 4.69) is 45.0 Å². The van der Waals surface area contributed by atoms with Crippen LogP contribution in [-0.4, -0.2) is 18.8 Å². The molecule has 0 aliphatic rings. The number of benzene rings is 2. The molecule has 0 aliphatic heterocycles. The SMILES string of the molecule is CCC[CH2][Sn]([CH2]CCC)([CH2]CCC)[O]c1c(Cl)cc(Cl)cc1-c1ccccc1. The predicted molar refractivity (Wildman–Crippen MR) is 127 cm³/mol. The Bertz CT molecular complexity index is 696. The average molecular weight is 528 g/mol. The van der Waals surface area contributed by atoms with Crippen molar-refractivity contribution in [1.82, 2.24) is 0 Å². The zero-order chi connectivity index (χ0) is 20.4. The van der Waals surface area contributed by atoms with Crippen LogP contribution in [0.4, 0.5) is 0 Å². The van der Waals surface area contributed by atoms with E-state index in [9.17, 15) is 0 Å². The predicted octanol–water partition coefficient (Wildman–Crippen LogP) is 9.38. The minimum absolute atomic E-state index is 0.650. The Kier molecular flexibility index (Phi) is 10.5. The van der Waals surface area contributed by atoms with Gasteiger partial charge in [-0.2, -0.15) is 0 Å². The summed E-state index contributed by atoms with van der Waals surface area (Å²) >= 11 is 10.2. The molecule has 0 atom stereocenters. The second kappa shape index (κ2) is 12.3. The molecule has 2 rings (SSSR count). The summed E-state index contributed by atoms with van der Waals surface area (Å²) in [5.74, 6) is 0.872. The van der Waals surface area contributed by atoms with Crippen molar-refractivity contribution in [1.29, 1.82) is 0 Å². The van der Waals surface area contributed by atoms with E-state index in [-0.39, 0.29) is 0 Å². The molecule has 0 fully saturated rings. The standard InChI is InChI=1S/C12H8Cl2O.3C4H9.Sn/c13-9-6-10(12(15)11(14)7-9)8-4-2-1-3-5-8;3*1-3-4-2;/h1-7,15H;3*1,3-4H2,2H3;/q;;;;+1/p-1. The first-order valence-electron chi connectivity index (χ1n) is 10.8. The molecule has 4 heteroatoms. The number of hydrogen-bond acceptors (Lipinski definition) is 1. The van der Waals surface area contributed by atoms with Gasteiger partial charge < -0.3 is 0 Å². The second-order valence-electron chi connectivity index (χ2n) is 7.73. The van der Waals surface area contributed by atoms with E-state index >= 15 is 0 Å². The van der Waals surface area contributed by atoms with Crippen molar-refractivity contribution in [2.24, 2.45) is 0 Å². The summed E-state index contributed by atoms with van der Waals surface area (Å²) in [6.45, 7) is 6.84. The Hall–Kier alpha value is -0.381. The van der Waals surface area contributed by atoms with E-state index in [0.717, 1.165) is 16.9 Å². The summed E-state index contributed by atoms with van der Waals surface area (Å²) in [6.07, 6.45) is 7.45. The second-order valence-corrected chi connectivity index (χ2v) is 20.2. The van der Waals surface area contributed by atoms with Gasteiger partial charge in [0.1, 0.15) is 0 Å². The topological polar surface area (TPSA) is 9.23 Å². The molecule has 0 aliphatic carbocycles. The van der Waals surface area contributed by atoms with Crippen molar-refractivity contribution in [3.8, 4) is 16.9 Å². The monoisotopic (exact) mass is 528 g/mol. The van der Waals surface area contributed by atoms with Crippen LogP contribution in [0.3, 0.4) is 0 Å².